The maximum absolute atomic E-state index is 12.4. The fourth-order valence-corrected chi connectivity index (χ4v) is 2.78. The standard InChI is InChI=1S/C17H15ClN2O/c1-11-7-8-12(13(18)9-11)16(21)10-17-19-14-5-3-4-6-15(14)20(17)2/h3-9H,10H2,1-2H3. The van der Waals surface area contributed by atoms with Crippen molar-refractivity contribution < 1.29 is 4.79 Å². The van der Waals surface area contributed by atoms with Crippen LogP contribution < -0.4 is 0 Å². The summed E-state index contributed by atoms with van der Waals surface area (Å²) in [7, 11) is 1.93. The van der Waals surface area contributed by atoms with Gasteiger partial charge < -0.3 is 4.57 Å². The highest BCUT2D eigenvalue weighted by atomic mass is 35.5. The number of para-hydroxylation sites is 2. The maximum atomic E-state index is 12.4. The molecule has 0 unspecified atom stereocenters. The van der Waals surface area contributed by atoms with Gasteiger partial charge >= 0.3 is 0 Å². The molecule has 0 spiro atoms. The van der Waals surface area contributed by atoms with Gasteiger partial charge in [-0.15, -0.1) is 0 Å². The number of imidazole rings is 1. The van der Waals surface area contributed by atoms with Gasteiger partial charge in [-0.3, -0.25) is 4.79 Å². The molecule has 1 aromatic heterocycles. The summed E-state index contributed by atoms with van der Waals surface area (Å²) in [6.07, 6.45) is 0.244. The molecule has 0 N–H and O–H groups in total. The van der Waals surface area contributed by atoms with Crippen LogP contribution in [0.1, 0.15) is 21.7 Å². The topological polar surface area (TPSA) is 34.9 Å². The molecule has 0 saturated carbocycles. The van der Waals surface area contributed by atoms with E-state index in [1.165, 1.54) is 0 Å². The van der Waals surface area contributed by atoms with Gasteiger partial charge in [-0.1, -0.05) is 29.8 Å². The van der Waals surface area contributed by atoms with E-state index in [4.69, 9.17) is 11.6 Å². The van der Waals surface area contributed by atoms with Crippen molar-refractivity contribution in [3.63, 3.8) is 0 Å². The number of benzene rings is 2. The molecule has 3 nitrogen and oxygen atoms in total. The second-order valence-electron chi connectivity index (χ2n) is 5.16. The molecular weight excluding hydrogens is 284 g/mol. The maximum Gasteiger partial charge on any atom is 0.171 e. The highest BCUT2D eigenvalue weighted by molar-refractivity contribution is 6.34. The molecule has 21 heavy (non-hydrogen) atoms. The van der Waals surface area contributed by atoms with E-state index in [1.807, 2.05) is 54.9 Å². The second-order valence-corrected chi connectivity index (χ2v) is 5.57. The van der Waals surface area contributed by atoms with Crippen molar-refractivity contribution in [1.82, 2.24) is 9.55 Å². The molecule has 0 aliphatic heterocycles. The number of halogens is 1. The molecule has 4 heteroatoms. The molecule has 0 amide bonds. The average molecular weight is 299 g/mol. The van der Waals surface area contributed by atoms with Crippen LogP contribution in [-0.2, 0) is 13.5 Å². The van der Waals surface area contributed by atoms with Gasteiger partial charge in [0.2, 0.25) is 0 Å². The Balaban J connectivity index is 1.94. The Morgan fingerprint density at radius 2 is 2.00 bits per heavy atom. The normalized spacial score (nSPS) is 11.0. The number of nitrogens with zero attached hydrogens (tertiary/aromatic N) is 2. The van der Waals surface area contributed by atoms with E-state index in [2.05, 4.69) is 4.98 Å². The monoisotopic (exact) mass is 298 g/mol. The molecule has 0 bridgehead atoms. The van der Waals surface area contributed by atoms with Crippen LogP contribution in [0.2, 0.25) is 5.02 Å². The number of carbonyl (C=O) groups excluding carboxylic acids is 1. The number of hydrogen-bond donors (Lipinski definition) is 0. The molecule has 106 valence electrons. The first kappa shape index (κ1) is 13.8. The first-order valence-electron chi connectivity index (χ1n) is 6.76. The zero-order chi connectivity index (χ0) is 15.0. The number of Topliss-reactive ketones (excluding diaryl/α,β-unsaturated/α-hetero) is 1. The van der Waals surface area contributed by atoms with E-state index < -0.39 is 0 Å². The summed E-state index contributed by atoms with van der Waals surface area (Å²) in [4.78, 5) is 17.0. The van der Waals surface area contributed by atoms with E-state index in [-0.39, 0.29) is 12.2 Å². The van der Waals surface area contributed by atoms with Crippen molar-refractivity contribution in [2.45, 2.75) is 13.3 Å². The first-order chi connectivity index (χ1) is 10.1. The van der Waals surface area contributed by atoms with Crippen LogP contribution in [0.3, 0.4) is 0 Å². The molecule has 0 saturated heterocycles. The van der Waals surface area contributed by atoms with Crippen LogP contribution in [-0.4, -0.2) is 15.3 Å². The van der Waals surface area contributed by atoms with Crippen LogP contribution in [0.15, 0.2) is 42.5 Å². The number of ketones is 1. The lowest BCUT2D eigenvalue weighted by molar-refractivity contribution is 0.0990. The van der Waals surface area contributed by atoms with E-state index in [0.29, 0.717) is 10.6 Å². The number of hydrogen-bond acceptors (Lipinski definition) is 2. The predicted molar refractivity (Wildman–Crippen MR) is 84.9 cm³/mol. The van der Waals surface area contributed by atoms with Gasteiger partial charge in [0, 0.05) is 12.6 Å². The van der Waals surface area contributed by atoms with E-state index in [0.717, 1.165) is 22.4 Å². The van der Waals surface area contributed by atoms with Crippen LogP contribution >= 0.6 is 11.6 Å². The highest BCUT2D eigenvalue weighted by Crippen LogP contribution is 2.21. The van der Waals surface area contributed by atoms with Crippen molar-refractivity contribution in [3.05, 3.63) is 64.4 Å². The van der Waals surface area contributed by atoms with Gasteiger partial charge in [-0.2, -0.15) is 0 Å². The van der Waals surface area contributed by atoms with Crippen molar-refractivity contribution in [3.8, 4) is 0 Å². The number of fused-ring (bicyclic) bond motifs is 1. The van der Waals surface area contributed by atoms with Gasteiger partial charge in [-0.25, -0.2) is 4.98 Å². The largest absolute Gasteiger partial charge is 0.331 e. The molecular formula is C17H15ClN2O. The molecule has 1 heterocycles. The summed E-state index contributed by atoms with van der Waals surface area (Å²) in [6, 6.07) is 13.3. The molecule has 0 radical (unpaired) electrons. The van der Waals surface area contributed by atoms with Crippen molar-refractivity contribution in [1.29, 1.82) is 0 Å². The fraction of sp³-hybridized carbons (Fsp3) is 0.176. The van der Waals surface area contributed by atoms with Gasteiger partial charge in [0.1, 0.15) is 5.82 Å². The molecule has 0 aliphatic rings. The van der Waals surface area contributed by atoms with Gasteiger partial charge in [0.05, 0.1) is 22.5 Å². The zero-order valence-corrected chi connectivity index (χ0v) is 12.7. The zero-order valence-electron chi connectivity index (χ0n) is 11.9. The first-order valence-corrected chi connectivity index (χ1v) is 7.14. The average Bonchev–Trinajstić information content (AvgIpc) is 2.76. The van der Waals surface area contributed by atoms with Crippen molar-refractivity contribution in [2.75, 3.05) is 0 Å². The summed E-state index contributed by atoms with van der Waals surface area (Å²) >= 11 is 6.16. The fourth-order valence-electron chi connectivity index (χ4n) is 2.44. The Morgan fingerprint density at radius 3 is 2.71 bits per heavy atom. The lowest BCUT2D eigenvalue weighted by atomic mass is 10.1. The summed E-state index contributed by atoms with van der Waals surface area (Å²) in [5.41, 5.74) is 3.52. The number of aromatic nitrogens is 2. The molecule has 3 rings (SSSR count). The third kappa shape index (κ3) is 2.57. The van der Waals surface area contributed by atoms with Gasteiger partial charge in [0.25, 0.3) is 0 Å². The summed E-state index contributed by atoms with van der Waals surface area (Å²) in [5, 5.41) is 0.499. The minimum atomic E-state index is -0.0154. The Bertz CT molecular complexity index is 836. The van der Waals surface area contributed by atoms with Gasteiger partial charge in [-0.05, 0) is 36.8 Å². The van der Waals surface area contributed by atoms with Crippen LogP contribution in [0.4, 0.5) is 0 Å². The van der Waals surface area contributed by atoms with E-state index in [9.17, 15) is 4.79 Å². The minimum absolute atomic E-state index is 0.0154. The van der Waals surface area contributed by atoms with E-state index in [1.54, 1.807) is 6.07 Å². The lowest BCUT2D eigenvalue weighted by Gasteiger charge is -2.05. The Morgan fingerprint density at radius 1 is 1.24 bits per heavy atom. The Kier molecular flexibility index (Phi) is 3.52. The van der Waals surface area contributed by atoms with Crippen LogP contribution in [0, 0.1) is 6.92 Å². The highest BCUT2D eigenvalue weighted by Gasteiger charge is 2.15. The number of rotatable bonds is 3. The summed E-state index contributed by atoms with van der Waals surface area (Å²) in [6.45, 7) is 1.95. The van der Waals surface area contributed by atoms with Crippen LogP contribution in [0.25, 0.3) is 11.0 Å². The second kappa shape index (κ2) is 5.34. The molecule has 3 aromatic rings. The Labute approximate surface area is 128 Å². The quantitative estimate of drug-likeness (QED) is 0.686. The lowest BCUT2D eigenvalue weighted by Crippen LogP contribution is -2.09. The van der Waals surface area contributed by atoms with Crippen molar-refractivity contribution >= 4 is 28.4 Å². The number of carbonyl (C=O) groups is 1. The third-order valence-electron chi connectivity index (χ3n) is 3.62. The van der Waals surface area contributed by atoms with Crippen molar-refractivity contribution in [2.24, 2.45) is 7.05 Å². The van der Waals surface area contributed by atoms with Gasteiger partial charge in [0.15, 0.2) is 5.78 Å². The molecule has 2 aromatic carbocycles. The SMILES string of the molecule is Cc1ccc(C(=O)Cc2nc3ccccc3n2C)c(Cl)c1. The third-order valence-corrected chi connectivity index (χ3v) is 3.94. The molecule has 0 aliphatic carbocycles. The summed E-state index contributed by atoms with van der Waals surface area (Å²) in [5.74, 6) is 0.733. The number of aryl methyl sites for hydroxylation is 2. The molecule has 0 fully saturated rings. The Hall–Kier alpha value is -2.13. The predicted octanol–water partition coefficient (Wildman–Crippen LogP) is 3.96. The summed E-state index contributed by atoms with van der Waals surface area (Å²) < 4.78 is 1.95. The smallest absolute Gasteiger partial charge is 0.171 e. The molecule has 0 atom stereocenters. The minimum Gasteiger partial charge on any atom is -0.331 e. The van der Waals surface area contributed by atoms with E-state index >= 15 is 0 Å². The van der Waals surface area contributed by atoms with Crippen LogP contribution in [0.5, 0.6) is 0 Å².